The number of para-hydroxylation sites is 2. The van der Waals surface area contributed by atoms with Crippen LogP contribution in [-0.4, -0.2) is 35.4 Å². The smallest absolute Gasteiger partial charge is 0.252 e. The van der Waals surface area contributed by atoms with Gasteiger partial charge in [-0.3, -0.25) is 9.59 Å². The monoisotopic (exact) mass is 365 g/mol. The minimum atomic E-state index is -0.641. The quantitative estimate of drug-likeness (QED) is 0.757. The first-order chi connectivity index (χ1) is 12.9. The molecule has 1 spiro atoms. The number of piperidine rings is 1. The maximum atomic E-state index is 12.8. The Hall–Kier alpha value is -3.09. The van der Waals surface area contributed by atoms with E-state index in [2.05, 4.69) is 15.6 Å². The van der Waals surface area contributed by atoms with Crippen molar-refractivity contribution < 1.29 is 9.59 Å². The van der Waals surface area contributed by atoms with Crippen LogP contribution in [-0.2, 0) is 4.79 Å². The molecule has 2 amide bonds. The number of pyridine rings is 1. The molecule has 3 heterocycles. The fourth-order valence-electron chi connectivity index (χ4n) is 3.83. The molecule has 0 unspecified atom stereocenters. The molecule has 0 bridgehead atoms. The number of carbonyl (C=O) groups is 2. The number of aromatic nitrogens is 1. The Balaban J connectivity index is 1.59. The summed E-state index contributed by atoms with van der Waals surface area (Å²) in [7, 11) is 0. The second-order valence-electron chi connectivity index (χ2n) is 7.32. The lowest BCUT2D eigenvalue weighted by molar-refractivity contribution is -0.121. The number of nitrogens with two attached hydrogens (primary N) is 1. The number of nitrogens with zero attached hydrogens (tertiary/aromatic N) is 2. The Morgan fingerprint density at radius 1 is 1.19 bits per heavy atom. The third kappa shape index (κ3) is 2.89. The van der Waals surface area contributed by atoms with Crippen molar-refractivity contribution in [1.82, 2.24) is 4.98 Å². The molecule has 27 heavy (non-hydrogen) atoms. The van der Waals surface area contributed by atoms with Crippen LogP contribution in [0.3, 0.4) is 0 Å². The van der Waals surface area contributed by atoms with Gasteiger partial charge in [0.1, 0.15) is 11.4 Å². The molecule has 2 aromatic rings. The standard InChI is InChI=1S/C20H23N5O2/c1-12-11-14(17(21)26)18(22-13(12)2)25-9-7-20(8-10-25)19(27)23-15-5-3-4-6-16(15)24-20/h3-6,11,24H,7-10H2,1-2H3,(H2,21,26)(H,23,27). The lowest BCUT2D eigenvalue weighted by atomic mass is 9.84. The van der Waals surface area contributed by atoms with Gasteiger partial charge in [0.2, 0.25) is 5.91 Å². The molecule has 1 saturated heterocycles. The molecule has 1 aromatic carbocycles. The van der Waals surface area contributed by atoms with Gasteiger partial charge in [-0.25, -0.2) is 4.98 Å². The maximum Gasteiger partial charge on any atom is 0.252 e. The van der Waals surface area contributed by atoms with Crippen molar-refractivity contribution in [3.05, 3.63) is 47.2 Å². The number of rotatable bonds is 2. The van der Waals surface area contributed by atoms with Crippen molar-refractivity contribution >= 4 is 29.0 Å². The lowest BCUT2D eigenvalue weighted by Crippen LogP contribution is -2.58. The summed E-state index contributed by atoms with van der Waals surface area (Å²) in [6, 6.07) is 9.51. The maximum absolute atomic E-state index is 12.8. The van der Waals surface area contributed by atoms with E-state index in [1.54, 1.807) is 6.07 Å². The Labute approximate surface area is 158 Å². The van der Waals surface area contributed by atoms with Gasteiger partial charge in [-0.1, -0.05) is 12.1 Å². The van der Waals surface area contributed by atoms with E-state index in [0.717, 1.165) is 22.6 Å². The third-order valence-electron chi connectivity index (χ3n) is 5.61. The van der Waals surface area contributed by atoms with Gasteiger partial charge in [-0.2, -0.15) is 0 Å². The number of fused-ring (bicyclic) bond motifs is 1. The fourth-order valence-corrected chi connectivity index (χ4v) is 3.83. The highest BCUT2D eigenvalue weighted by molar-refractivity contribution is 6.06. The van der Waals surface area contributed by atoms with Gasteiger partial charge in [0.15, 0.2) is 0 Å². The molecule has 7 heteroatoms. The molecule has 140 valence electrons. The van der Waals surface area contributed by atoms with Crippen LogP contribution in [0.15, 0.2) is 30.3 Å². The number of nitrogens with one attached hydrogen (secondary N) is 2. The van der Waals surface area contributed by atoms with Gasteiger partial charge < -0.3 is 21.3 Å². The van der Waals surface area contributed by atoms with E-state index >= 15 is 0 Å². The molecule has 0 saturated carbocycles. The van der Waals surface area contributed by atoms with Crippen LogP contribution < -0.4 is 21.3 Å². The van der Waals surface area contributed by atoms with E-state index in [4.69, 9.17) is 5.73 Å². The van der Waals surface area contributed by atoms with Crippen molar-refractivity contribution in [3.63, 3.8) is 0 Å². The Morgan fingerprint density at radius 3 is 2.52 bits per heavy atom. The number of anilines is 3. The normalized spacial score (nSPS) is 17.9. The van der Waals surface area contributed by atoms with Crippen LogP contribution in [0.25, 0.3) is 0 Å². The highest BCUT2D eigenvalue weighted by Gasteiger charge is 2.44. The molecule has 0 atom stereocenters. The summed E-state index contributed by atoms with van der Waals surface area (Å²) in [5.41, 5.74) is 8.91. The van der Waals surface area contributed by atoms with Crippen LogP contribution in [0, 0.1) is 13.8 Å². The summed E-state index contributed by atoms with van der Waals surface area (Å²) in [5.74, 6) is 0.115. The van der Waals surface area contributed by atoms with Crippen molar-refractivity contribution in [3.8, 4) is 0 Å². The summed E-state index contributed by atoms with van der Waals surface area (Å²) >= 11 is 0. The van der Waals surface area contributed by atoms with E-state index in [1.807, 2.05) is 43.0 Å². The fraction of sp³-hybridized carbons (Fsp3) is 0.350. The van der Waals surface area contributed by atoms with Gasteiger partial charge in [-0.15, -0.1) is 0 Å². The Kier molecular flexibility index (Phi) is 4.02. The number of benzene rings is 1. The second kappa shape index (κ2) is 6.26. The van der Waals surface area contributed by atoms with Gasteiger partial charge in [0.05, 0.1) is 16.9 Å². The van der Waals surface area contributed by atoms with Crippen LogP contribution in [0.1, 0.15) is 34.5 Å². The molecule has 1 fully saturated rings. The average Bonchev–Trinajstić information content (AvgIpc) is 2.65. The van der Waals surface area contributed by atoms with E-state index in [0.29, 0.717) is 37.3 Å². The van der Waals surface area contributed by atoms with Crippen LogP contribution in [0.4, 0.5) is 17.2 Å². The van der Waals surface area contributed by atoms with Crippen molar-refractivity contribution in [2.75, 3.05) is 28.6 Å². The van der Waals surface area contributed by atoms with Crippen LogP contribution in [0.2, 0.25) is 0 Å². The highest BCUT2D eigenvalue weighted by atomic mass is 16.2. The first kappa shape index (κ1) is 17.3. The minimum Gasteiger partial charge on any atom is -0.369 e. The first-order valence-electron chi connectivity index (χ1n) is 9.11. The number of primary amides is 1. The van der Waals surface area contributed by atoms with E-state index in [-0.39, 0.29) is 5.91 Å². The number of aryl methyl sites for hydroxylation is 2. The molecule has 0 radical (unpaired) electrons. The van der Waals surface area contributed by atoms with Crippen LogP contribution in [0.5, 0.6) is 0 Å². The third-order valence-corrected chi connectivity index (χ3v) is 5.61. The largest absolute Gasteiger partial charge is 0.369 e. The molecular formula is C20H23N5O2. The van der Waals surface area contributed by atoms with Gasteiger partial charge in [-0.05, 0) is 50.5 Å². The topological polar surface area (TPSA) is 100 Å². The SMILES string of the molecule is Cc1cc(C(N)=O)c(N2CCC3(CC2)Nc2ccccc2NC3=O)nc1C. The molecule has 4 N–H and O–H groups in total. The zero-order valence-corrected chi connectivity index (χ0v) is 15.5. The van der Waals surface area contributed by atoms with E-state index in [1.165, 1.54) is 0 Å². The molecule has 2 aliphatic heterocycles. The van der Waals surface area contributed by atoms with Crippen molar-refractivity contribution in [2.45, 2.75) is 32.2 Å². The molecule has 7 nitrogen and oxygen atoms in total. The Bertz CT molecular complexity index is 932. The molecule has 2 aliphatic rings. The summed E-state index contributed by atoms with van der Waals surface area (Å²) in [6.45, 7) is 5.05. The zero-order valence-electron chi connectivity index (χ0n) is 15.5. The number of amides is 2. The van der Waals surface area contributed by atoms with Crippen molar-refractivity contribution in [1.29, 1.82) is 0 Å². The molecule has 0 aliphatic carbocycles. The van der Waals surface area contributed by atoms with Crippen LogP contribution >= 0.6 is 0 Å². The van der Waals surface area contributed by atoms with Gasteiger partial charge in [0.25, 0.3) is 5.91 Å². The molecule has 1 aromatic heterocycles. The van der Waals surface area contributed by atoms with Crippen molar-refractivity contribution in [2.24, 2.45) is 5.73 Å². The highest BCUT2D eigenvalue weighted by Crippen LogP contribution is 2.37. The van der Waals surface area contributed by atoms with Gasteiger partial charge >= 0.3 is 0 Å². The lowest BCUT2D eigenvalue weighted by Gasteiger charge is -2.44. The van der Waals surface area contributed by atoms with E-state index in [9.17, 15) is 9.59 Å². The minimum absolute atomic E-state index is 0.0102. The zero-order chi connectivity index (χ0) is 19.2. The first-order valence-corrected chi connectivity index (χ1v) is 9.11. The Morgan fingerprint density at radius 2 is 1.85 bits per heavy atom. The number of hydrogen-bond acceptors (Lipinski definition) is 5. The summed E-state index contributed by atoms with van der Waals surface area (Å²) in [5, 5.41) is 6.45. The van der Waals surface area contributed by atoms with Gasteiger partial charge in [0, 0.05) is 18.8 Å². The summed E-state index contributed by atoms with van der Waals surface area (Å²) in [6.07, 6.45) is 1.22. The number of carbonyl (C=O) groups excluding carboxylic acids is 2. The van der Waals surface area contributed by atoms with E-state index < -0.39 is 11.4 Å². The molecular weight excluding hydrogens is 342 g/mol. The average molecular weight is 365 g/mol. The predicted octanol–water partition coefficient (Wildman–Crippen LogP) is 2.20. The molecule has 4 rings (SSSR count). The number of hydrogen-bond donors (Lipinski definition) is 3. The predicted molar refractivity (Wildman–Crippen MR) is 105 cm³/mol. The summed E-state index contributed by atoms with van der Waals surface area (Å²) in [4.78, 5) is 31.3. The summed E-state index contributed by atoms with van der Waals surface area (Å²) < 4.78 is 0. The second-order valence-corrected chi connectivity index (χ2v) is 7.32.